The molecule has 0 aliphatic heterocycles. The first-order chi connectivity index (χ1) is 31.7. The fourth-order valence-corrected chi connectivity index (χ4v) is 12.2. The molecule has 3 aliphatic rings. The molecule has 2 heteroatoms. The van der Waals surface area contributed by atoms with Crippen LogP contribution in [0, 0.1) is 11.8 Å². The minimum atomic E-state index is -0.473. The fourth-order valence-electron chi connectivity index (χ4n) is 12.2. The maximum Gasteiger partial charge on any atom is 0.0714 e. The zero-order chi connectivity index (χ0) is 42.5. The molecule has 3 aliphatic carbocycles. The van der Waals surface area contributed by atoms with Crippen LogP contribution < -0.4 is 9.80 Å². The highest BCUT2D eigenvalue weighted by Gasteiger charge is 2.53. The van der Waals surface area contributed by atoms with Crippen LogP contribution in [0.3, 0.4) is 0 Å². The molecule has 2 fully saturated rings. The molecule has 2 saturated carbocycles. The summed E-state index contributed by atoms with van der Waals surface area (Å²) in [5, 5.41) is 0. The molecule has 3 unspecified atom stereocenters. The molecule has 9 aromatic rings. The number of fused-ring (bicyclic) bond motifs is 5. The number of rotatable bonds is 10. The van der Waals surface area contributed by atoms with Crippen molar-refractivity contribution in [2.45, 2.75) is 36.5 Å². The standard InChI is InChI=1S/C62H50N2/c1-6-18-48(19-7-1)62(49-20-8-2-9-21-49)59-29-17-16-28-57(59)58-41-40-56(43-60(58)62)64(53-26-14-5-15-27-53)55-38-34-47(35-39-55)61(44-45-30-31-50(61)42-45)46-32-36-54(37-33-46)63(51-22-10-3-11-23-51)52-24-12-4-13-25-52/h1-29,32-41,43,45,50H,30-31,42,44H2. The molecule has 2 bridgehead atoms. The van der Waals surface area contributed by atoms with Crippen LogP contribution in [0.2, 0.25) is 0 Å². The average Bonchev–Trinajstić information content (AvgIpc) is 4.08. The Morgan fingerprint density at radius 2 is 0.734 bits per heavy atom. The number of anilines is 6. The molecule has 0 N–H and O–H groups in total. The third-order valence-corrected chi connectivity index (χ3v) is 14.9. The molecule has 3 atom stereocenters. The van der Waals surface area contributed by atoms with Gasteiger partial charge in [-0.15, -0.1) is 0 Å². The highest BCUT2D eigenvalue weighted by molar-refractivity contribution is 5.89. The van der Waals surface area contributed by atoms with E-state index in [9.17, 15) is 0 Å². The topological polar surface area (TPSA) is 6.48 Å². The van der Waals surface area contributed by atoms with Crippen LogP contribution in [-0.4, -0.2) is 0 Å². The van der Waals surface area contributed by atoms with Crippen molar-refractivity contribution in [2.24, 2.45) is 11.8 Å². The molecule has 0 aromatic heterocycles. The Kier molecular flexibility index (Phi) is 9.41. The van der Waals surface area contributed by atoms with Crippen molar-refractivity contribution < 1.29 is 0 Å². The fraction of sp³-hybridized carbons (Fsp3) is 0.129. The summed E-state index contributed by atoms with van der Waals surface area (Å²) in [6.45, 7) is 0. The quantitative estimate of drug-likeness (QED) is 0.136. The highest BCUT2D eigenvalue weighted by atomic mass is 15.1. The van der Waals surface area contributed by atoms with Gasteiger partial charge in [-0.25, -0.2) is 0 Å². The zero-order valence-corrected chi connectivity index (χ0v) is 36.0. The first kappa shape index (κ1) is 38.3. The van der Waals surface area contributed by atoms with Crippen molar-refractivity contribution in [3.05, 3.63) is 276 Å². The Morgan fingerprint density at radius 3 is 1.20 bits per heavy atom. The molecule has 64 heavy (non-hydrogen) atoms. The lowest BCUT2D eigenvalue weighted by molar-refractivity contribution is 0.320. The Balaban J connectivity index is 0.966. The molecule has 0 saturated heterocycles. The van der Waals surface area contributed by atoms with Crippen molar-refractivity contribution in [1.82, 2.24) is 0 Å². The van der Waals surface area contributed by atoms with Crippen molar-refractivity contribution in [3.8, 4) is 11.1 Å². The number of hydrogen-bond acceptors (Lipinski definition) is 2. The monoisotopic (exact) mass is 822 g/mol. The van der Waals surface area contributed by atoms with Crippen LogP contribution in [-0.2, 0) is 10.8 Å². The minimum Gasteiger partial charge on any atom is -0.311 e. The Labute approximate surface area is 377 Å². The summed E-state index contributed by atoms with van der Waals surface area (Å²) in [5.41, 5.74) is 17.1. The highest BCUT2D eigenvalue weighted by Crippen LogP contribution is 2.61. The summed E-state index contributed by atoms with van der Waals surface area (Å²) >= 11 is 0. The van der Waals surface area contributed by atoms with Crippen molar-refractivity contribution >= 4 is 34.1 Å². The first-order valence-electron chi connectivity index (χ1n) is 23.0. The Bertz CT molecular complexity index is 2960. The van der Waals surface area contributed by atoms with Crippen LogP contribution in [0.25, 0.3) is 11.1 Å². The minimum absolute atomic E-state index is 0.0216. The van der Waals surface area contributed by atoms with E-state index < -0.39 is 5.41 Å². The summed E-state index contributed by atoms with van der Waals surface area (Å²) in [5.74, 6) is 1.39. The Morgan fingerprint density at radius 1 is 0.328 bits per heavy atom. The van der Waals surface area contributed by atoms with Crippen molar-refractivity contribution in [3.63, 3.8) is 0 Å². The van der Waals surface area contributed by atoms with E-state index in [2.05, 4.69) is 252 Å². The zero-order valence-electron chi connectivity index (χ0n) is 36.0. The molecule has 0 heterocycles. The number of benzene rings is 9. The van der Waals surface area contributed by atoms with E-state index in [1.165, 1.54) is 75.9 Å². The van der Waals surface area contributed by atoms with Gasteiger partial charge in [-0.3, -0.25) is 0 Å². The normalized spacial score (nSPS) is 18.9. The van der Waals surface area contributed by atoms with Crippen LogP contribution in [0.1, 0.15) is 59.1 Å². The predicted octanol–water partition coefficient (Wildman–Crippen LogP) is 16.1. The molecular formula is C62H50N2. The smallest absolute Gasteiger partial charge is 0.0714 e. The first-order valence-corrected chi connectivity index (χ1v) is 23.0. The van der Waals surface area contributed by atoms with Gasteiger partial charge in [-0.2, -0.15) is 0 Å². The molecule has 2 nitrogen and oxygen atoms in total. The van der Waals surface area contributed by atoms with E-state index in [1.54, 1.807) is 0 Å². The van der Waals surface area contributed by atoms with Gasteiger partial charge in [0.25, 0.3) is 0 Å². The third-order valence-electron chi connectivity index (χ3n) is 14.9. The Hall–Kier alpha value is -7.42. The van der Waals surface area contributed by atoms with Gasteiger partial charge >= 0.3 is 0 Å². The lowest BCUT2D eigenvalue weighted by Crippen LogP contribution is -2.34. The SMILES string of the molecule is c1ccc(N(c2ccccc2)c2ccc(C3(c4ccc(N(c5ccccc5)c5ccc6c(c5)C(c5ccccc5)(c5ccccc5)c5ccccc5-6)cc4)CC4CCC3C4)cc2)cc1. The molecule has 0 radical (unpaired) electrons. The van der Waals surface area contributed by atoms with Crippen LogP contribution in [0.15, 0.2) is 243 Å². The van der Waals surface area contributed by atoms with Crippen molar-refractivity contribution in [1.29, 1.82) is 0 Å². The van der Waals surface area contributed by atoms with E-state index in [1.807, 2.05) is 0 Å². The van der Waals surface area contributed by atoms with Gasteiger partial charge in [0.1, 0.15) is 0 Å². The second kappa shape index (κ2) is 15.7. The van der Waals surface area contributed by atoms with Gasteiger partial charge in [-0.1, -0.05) is 176 Å². The maximum absolute atomic E-state index is 2.48. The third kappa shape index (κ3) is 6.08. The van der Waals surface area contributed by atoms with Gasteiger partial charge in [0.05, 0.1) is 5.41 Å². The summed E-state index contributed by atoms with van der Waals surface area (Å²) in [6.07, 6.45) is 5.14. The summed E-state index contributed by atoms with van der Waals surface area (Å²) < 4.78 is 0. The molecule has 9 aromatic carbocycles. The second-order valence-electron chi connectivity index (χ2n) is 18.1. The number of para-hydroxylation sites is 3. The molecule has 308 valence electrons. The maximum atomic E-state index is 2.48. The van der Waals surface area contributed by atoms with E-state index in [-0.39, 0.29) is 5.41 Å². The number of nitrogens with zero attached hydrogens (tertiary/aromatic N) is 2. The molecule has 0 spiro atoms. The van der Waals surface area contributed by atoms with Gasteiger partial charge in [0, 0.05) is 39.5 Å². The van der Waals surface area contributed by atoms with Gasteiger partial charge < -0.3 is 9.80 Å². The molecule has 0 amide bonds. The second-order valence-corrected chi connectivity index (χ2v) is 18.1. The lowest BCUT2D eigenvalue weighted by Gasteiger charge is -2.40. The largest absolute Gasteiger partial charge is 0.311 e. The predicted molar refractivity (Wildman–Crippen MR) is 266 cm³/mol. The van der Waals surface area contributed by atoms with E-state index >= 15 is 0 Å². The summed E-state index contributed by atoms with van der Waals surface area (Å²) in [4.78, 5) is 4.82. The molecular weight excluding hydrogens is 773 g/mol. The molecule has 12 rings (SSSR count). The van der Waals surface area contributed by atoms with E-state index in [0.29, 0.717) is 5.92 Å². The van der Waals surface area contributed by atoms with Crippen LogP contribution >= 0.6 is 0 Å². The summed E-state index contributed by atoms with van der Waals surface area (Å²) in [7, 11) is 0. The lowest BCUT2D eigenvalue weighted by atomic mass is 9.64. The van der Waals surface area contributed by atoms with Crippen LogP contribution in [0.5, 0.6) is 0 Å². The van der Waals surface area contributed by atoms with E-state index in [4.69, 9.17) is 0 Å². The average molecular weight is 823 g/mol. The van der Waals surface area contributed by atoms with Gasteiger partial charge in [0.15, 0.2) is 0 Å². The number of hydrogen-bond donors (Lipinski definition) is 0. The van der Waals surface area contributed by atoms with Crippen molar-refractivity contribution in [2.75, 3.05) is 9.80 Å². The van der Waals surface area contributed by atoms with Gasteiger partial charge in [0.2, 0.25) is 0 Å². The van der Waals surface area contributed by atoms with Gasteiger partial charge in [-0.05, 0) is 148 Å². The summed E-state index contributed by atoms with van der Waals surface area (Å²) in [6, 6.07) is 90.1. The van der Waals surface area contributed by atoms with E-state index in [0.717, 1.165) is 34.4 Å². The van der Waals surface area contributed by atoms with Crippen LogP contribution in [0.4, 0.5) is 34.1 Å².